The molecule has 0 aromatic heterocycles. The Bertz CT molecular complexity index is 394. The van der Waals surface area contributed by atoms with Gasteiger partial charge in [-0.25, -0.2) is 0 Å². The summed E-state index contributed by atoms with van der Waals surface area (Å²) in [6, 6.07) is 0. The van der Waals surface area contributed by atoms with Crippen LogP contribution in [0.3, 0.4) is 0 Å². The molecule has 0 aliphatic carbocycles. The van der Waals surface area contributed by atoms with Crippen LogP contribution in [0.1, 0.15) is 156 Å². The molecule has 0 spiro atoms. The number of carbonyl (C=O) groups excluding carboxylic acids is 2. The van der Waals surface area contributed by atoms with Crippen molar-refractivity contribution in [2.45, 2.75) is 162 Å². The molecule has 3 heteroatoms. The van der Waals surface area contributed by atoms with Crippen molar-refractivity contribution in [2.75, 3.05) is 0 Å². The average Bonchev–Trinajstić information content (AvgIpc) is 2.77. The van der Waals surface area contributed by atoms with Crippen molar-refractivity contribution in [2.24, 2.45) is 5.92 Å². The highest BCUT2D eigenvalue weighted by Crippen LogP contribution is 2.23. The van der Waals surface area contributed by atoms with Gasteiger partial charge in [-0.1, -0.05) is 104 Å². The molecule has 0 amide bonds. The normalized spacial score (nSPS) is 13.1. The predicted molar refractivity (Wildman–Crippen MR) is 133 cm³/mol. The van der Waals surface area contributed by atoms with Crippen molar-refractivity contribution in [3.63, 3.8) is 0 Å². The van der Waals surface area contributed by atoms with E-state index in [1.807, 2.05) is 0 Å². The highest BCUT2D eigenvalue weighted by molar-refractivity contribution is 5.72. The van der Waals surface area contributed by atoms with Gasteiger partial charge in [0.1, 0.15) is 12.4 Å². The summed E-state index contributed by atoms with van der Waals surface area (Å²) in [5.74, 6) is 0.136. The molecule has 0 bridgehead atoms. The highest BCUT2D eigenvalue weighted by atomic mass is 16.5. The number of ether oxygens (including phenoxy) is 1. The fraction of sp³-hybridized carbons (Fsp3) is 0.929. The van der Waals surface area contributed by atoms with E-state index in [2.05, 4.69) is 20.8 Å². The van der Waals surface area contributed by atoms with Crippen molar-refractivity contribution in [1.82, 2.24) is 0 Å². The maximum atomic E-state index is 13.1. The monoisotopic (exact) mass is 438 g/mol. The molecule has 0 aliphatic heterocycles. The Morgan fingerprint density at radius 2 is 1.03 bits per heavy atom. The van der Waals surface area contributed by atoms with E-state index in [9.17, 15) is 9.59 Å². The van der Waals surface area contributed by atoms with E-state index < -0.39 is 0 Å². The summed E-state index contributed by atoms with van der Waals surface area (Å²) in [4.78, 5) is 23.7. The van der Waals surface area contributed by atoms with E-state index in [-0.39, 0.29) is 18.0 Å². The van der Waals surface area contributed by atoms with Crippen LogP contribution >= 0.6 is 0 Å². The summed E-state index contributed by atoms with van der Waals surface area (Å²) in [5, 5.41) is 0. The minimum Gasteiger partial charge on any atom is -0.462 e. The van der Waals surface area contributed by atoms with Gasteiger partial charge in [-0.05, 0) is 44.9 Å². The molecular formula is C28H54O3. The summed E-state index contributed by atoms with van der Waals surface area (Å²) in [5.41, 5.74) is 0. The number of hydrogen-bond acceptors (Lipinski definition) is 3. The number of hydrogen-bond donors (Lipinski definition) is 0. The molecule has 0 saturated heterocycles. The van der Waals surface area contributed by atoms with Crippen LogP contribution in [0.5, 0.6) is 0 Å². The number of esters is 1. The van der Waals surface area contributed by atoms with Crippen LogP contribution in [0.2, 0.25) is 0 Å². The summed E-state index contributed by atoms with van der Waals surface area (Å²) >= 11 is 0. The maximum Gasteiger partial charge on any atom is 0.309 e. The molecule has 184 valence electrons. The third-order valence-corrected chi connectivity index (χ3v) is 6.41. The fourth-order valence-corrected chi connectivity index (χ4v) is 4.29. The molecule has 3 nitrogen and oxygen atoms in total. The van der Waals surface area contributed by atoms with E-state index in [4.69, 9.17) is 4.74 Å². The second-order valence-corrected chi connectivity index (χ2v) is 9.46. The second-order valence-electron chi connectivity index (χ2n) is 9.46. The summed E-state index contributed by atoms with van der Waals surface area (Å²) in [6.07, 6.45) is 24.7. The molecular weight excluding hydrogens is 384 g/mol. The van der Waals surface area contributed by atoms with Gasteiger partial charge in [0.15, 0.2) is 0 Å². The minimum atomic E-state index is 0.0405. The smallest absolute Gasteiger partial charge is 0.309 e. The van der Waals surface area contributed by atoms with E-state index in [0.29, 0.717) is 6.42 Å². The lowest BCUT2D eigenvalue weighted by molar-refractivity contribution is -0.155. The molecule has 2 atom stereocenters. The molecule has 0 fully saturated rings. The number of carbonyl (C=O) groups is 2. The van der Waals surface area contributed by atoms with Gasteiger partial charge in [-0.3, -0.25) is 4.79 Å². The van der Waals surface area contributed by atoms with E-state index in [1.165, 1.54) is 70.6 Å². The third kappa shape index (κ3) is 19.5. The Morgan fingerprint density at radius 3 is 1.55 bits per heavy atom. The van der Waals surface area contributed by atoms with Crippen molar-refractivity contribution in [1.29, 1.82) is 0 Å². The maximum absolute atomic E-state index is 13.1. The SMILES string of the molecule is CCCCCCCCC(CCCCCC)C(=O)OC(CCCCC=O)CCCCCC. The van der Waals surface area contributed by atoms with Crippen molar-refractivity contribution < 1.29 is 14.3 Å². The van der Waals surface area contributed by atoms with E-state index in [1.54, 1.807) is 0 Å². The second kappa shape index (κ2) is 23.8. The molecule has 0 saturated carbocycles. The molecule has 0 aromatic rings. The van der Waals surface area contributed by atoms with Crippen molar-refractivity contribution in [3.8, 4) is 0 Å². The van der Waals surface area contributed by atoms with Crippen molar-refractivity contribution >= 4 is 12.3 Å². The quantitative estimate of drug-likeness (QED) is 0.0857. The zero-order chi connectivity index (χ0) is 23.0. The Kier molecular flexibility index (Phi) is 23.1. The summed E-state index contributed by atoms with van der Waals surface area (Å²) < 4.78 is 6.10. The standard InChI is InChI=1S/C28H54O3/c1-4-7-10-13-14-17-22-26(21-16-11-8-5-2)28(30)31-27(23-18-12-9-6-3)24-19-15-20-25-29/h25-27H,4-24H2,1-3H3. The molecule has 0 aliphatic rings. The molecule has 0 radical (unpaired) electrons. The van der Waals surface area contributed by atoms with Gasteiger partial charge in [0, 0.05) is 6.42 Å². The predicted octanol–water partition coefficient (Wildman–Crippen LogP) is 8.97. The van der Waals surface area contributed by atoms with Crippen LogP contribution in [0, 0.1) is 5.92 Å². The Hall–Kier alpha value is -0.860. The van der Waals surface area contributed by atoms with Crippen molar-refractivity contribution in [3.05, 3.63) is 0 Å². The topological polar surface area (TPSA) is 43.4 Å². The first kappa shape index (κ1) is 30.1. The van der Waals surface area contributed by atoms with Gasteiger partial charge in [0.05, 0.1) is 5.92 Å². The summed E-state index contributed by atoms with van der Waals surface area (Å²) in [7, 11) is 0. The van der Waals surface area contributed by atoms with Gasteiger partial charge >= 0.3 is 5.97 Å². The third-order valence-electron chi connectivity index (χ3n) is 6.41. The van der Waals surface area contributed by atoms with Crippen LogP contribution in [0.25, 0.3) is 0 Å². The van der Waals surface area contributed by atoms with Crippen LogP contribution in [-0.4, -0.2) is 18.4 Å². The largest absolute Gasteiger partial charge is 0.462 e. The molecule has 0 rings (SSSR count). The first-order valence-electron chi connectivity index (χ1n) is 13.8. The molecule has 0 heterocycles. The summed E-state index contributed by atoms with van der Waals surface area (Å²) in [6.45, 7) is 6.71. The van der Waals surface area contributed by atoms with Gasteiger partial charge < -0.3 is 9.53 Å². The van der Waals surface area contributed by atoms with Crippen LogP contribution < -0.4 is 0 Å². The molecule has 31 heavy (non-hydrogen) atoms. The minimum absolute atomic E-state index is 0.0405. The molecule has 2 unspecified atom stereocenters. The lowest BCUT2D eigenvalue weighted by Gasteiger charge is -2.22. The fourth-order valence-electron chi connectivity index (χ4n) is 4.29. The zero-order valence-electron chi connectivity index (χ0n) is 21.3. The zero-order valence-corrected chi connectivity index (χ0v) is 21.3. The lowest BCUT2D eigenvalue weighted by atomic mass is 9.94. The van der Waals surface area contributed by atoms with E-state index in [0.717, 1.165) is 64.1 Å². The first-order chi connectivity index (χ1) is 15.2. The van der Waals surface area contributed by atoms with Gasteiger partial charge in [-0.15, -0.1) is 0 Å². The van der Waals surface area contributed by atoms with Gasteiger partial charge in [-0.2, -0.15) is 0 Å². The van der Waals surface area contributed by atoms with Gasteiger partial charge in [0.25, 0.3) is 0 Å². The lowest BCUT2D eigenvalue weighted by Crippen LogP contribution is -2.25. The number of aldehydes is 1. The number of unbranched alkanes of at least 4 members (excludes halogenated alkanes) is 13. The molecule has 0 aromatic carbocycles. The highest BCUT2D eigenvalue weighted by Gasteiger charge is 2.23. The van der Waals surface area contributed by atoms with Crippen LogP contribution in [0.15, 0.2) is 0 Å². The first-order valence-corrected chi connectivity index (χ1v) is 13.8. The Labute approximate surface area is 194 Å². The van der Waals surface area contributed by atoms with Gasteiger partial charge in [0.2, 0.25) is 0 Å². The Balaban J connectivity index is 4.63. The van der Waals surface area contributed by atoms with Crippen LogP contribution in [0.4, 0.5) is 0 Å². The Morgan fingerprint density at radius 1 is 0.613 bits per heavy atom. The average molecular weight is 439 g/mol. The molecule has 0 N–H and O–H groups in total. The number of rotatable bonds is 24. The van der Waals surface area contributed by atoms with E-state index >= 15 is 0 Å². The van der Waals surface area contributed by atoms with Crippen LogP contribution in [-0.2, 0) is 14.3 Å².